The Balaban J connectivity index is 2.85. The number of rotatable bonds is 5. The number of hydrogen-bond acceptors (Lipinski definition) is 2. The molecule has 19 heavy (non-hydrogen) atoms. The van der Waals surface area contributed by atoms with Crippen molar-refractivity contribution >= 4 is 21.8 Å². The van der Waals surface area contributed by atoms with E-state index in [-0.39, 0.29) is 11.9 Å². The molecule has 106 valence electrons. The first-order valence-corrected chi connectivity index (χ1v) is 7.33. The second-order valence-corrected chi connectivity index (χ2v) is 6.32. The smallest absolute Gasteiger partial charge is 0.252 e. The third kappa shape index (κ3) is 4.62. The number of halogens is 1. The van der Waals surface area contributed by atoms with Crippen molar-refractivity contribution in [1.82, 2.24) is 10.2 Å². The van der Waals surface area contributed by atoms with Crippen LogP contribution in [0.2, 0.25) is 0 Å². The number of aryl methyl sites for hydroxylation is 1. The van der Waals surface area contributed by atoms with Crippen molar-refractivity contribution in [2.24, 2.45) is 5.92 Å². The zero-order chi connectivity index (χ0) is 14.6. The molecule has 1 unspecified atom stereocenters. The quantitative estimate of drug-likeness (QED) is 0.901. The Morgan fingerprint density at radius 1 is 1.37 bits per heavy atom. The maximum absolute atomic E-state index is 12.4. The van der Waals surface area contributed by atoms with Gasteiger partial charge in [-0.05, 0) is 54.5 Å². The van der Waals surface area contributed by atoms with Gasteiger partial charge >= 0.3 is 0 Å². The first-order chi connectivity index (χ1) is 8.82. The topological polar surface area (TPSA) is 32.3 Å². The van der Waals surface area contributed by atoms with Gasteiger partial charge in [0.1, 0.15) is 0 Å². The van der Waals surface area contributed by atoms with Crippen molar-refractivity contribution < 1.29 is 4.79 Å². The molecule has 0 heterocycles. The minimum Gasteiger partial charge on any atom is -0.348 e. The minimum absolute atomic E-state index is 0.0175. The summed E-state index contributed by atoms with van der Waals surface area (Å²) in [4.78, 5) is 14.4. The van der Waals surface area contributed by atoms with E-state index < -0.39 is 0 Å². The first kappa shape index (κ1) is 16.2. The van der Waals surface area contributed by atoms with Crippen molar-refractivity contribution in [3.63, 3.8) is 0 Å². The van der Waals surface area contributed by atoms with Gasteiger partial charge in [-0.15, -0.1) is 0 Å². The minimum atomic E-state index is -0.0175. The van der Waals surface area contributed by atoms with E-state index in [4.69, 9.17) is 0 Å². The van der Waals surface area contributed by atoms with Crippen LogP contribution in [0, 0.1) is 12.8 Å². The summed E-state index contributed by atoms with van der Waals surface area (Å²) in [6, 6.07) is 5.89. The number of amides is 1. The number of carbonyl (C=O) groups excluding carboxylic acids is 1. The molecule has 0 aliphatic heterocycles. The SMILES string of the molecule is Cc1cccc(C(=O)NC(CN(C)C)C(C)C)c1Br. The van der Waals surface area contributed by atoms with E-state index in [9.17, 15) is 4.79 Å². The number of likely N-dealkylation sites (N-methyl/N-ethyl adjacent to an activating group) is 1. The van der Waals surface area contributed by atoms with Crippen LogP contribution in [-0.4, -0.2) is 37.5 Å². The van der Waals surface area contributed by atoms with Crippen LogP contribution in [0.5, 0.6) is 0 Å². The van der Waals surface area contributed by atoms with Gasteiger partial charge < -0.3 is 10.2 Å². The lowest BCUT2D eigenvalue weighted by Crippen LogP contribution is -2.45. The maximum Gasteiger partial charge on any atom is 0.252 e. The lowest BCUT2D eigenvalue weighted by atomic mass is 10.0. The summed E-state index contributed by atoms with van der Waals surface area (Å²) in [5.41, 5.74) is 1.77. The predicted molar refractivity (Wildman–Crippen MR) is 83.5 cm³/mol. The number of carbonyl (C=O) groups is 1. The van der Waals surface area contributed by atoms with Gasteiger partial charge in [0, 0.05) is 17.1 Å². The summed E-state index contributed by atoms with van der Waals surface area (Å²) < 4.78 is 0.875. The molecule has 1 N–H and O–H groups in total. The van der Waals surface area contributed by atoms with Gasteiger partial charge in [0.2, 0.25) is 0 Å². The van der Waals surface area contributed by atoms with Crippen molar-refractivity contribution in [3.8, 4) is 0 Å². The molecular weight excluding hydrogens is 304 g/mol. The van der Waals surface area contributed by atoms with Crippen LogP contribution < -0.4 is 5.32 Å². The highest BCUT2D eigenvalue weighted by Gasteiger charge is 2.19. The molecule has 3 nitrogen and oxygen atoms in total. The van der Waals surface area contributed by atoms with Gasteiger partial charge in [0.15, 0.2) is 0 Å². The van der Waals surface area contributed by atoms with Crippen LogP contribution in [0.1, 0.15) is 29.8 Å². The van der Waals surface area contributed by atoms with Gasteiger partial charge in [-0.2, -0.15) is 0 Å². The number of hydrogen-bond donors (Lipinski definition) is 1. The van der Waals surface area contributed by atoms with Gasteiger partial charge in [0.05, 0.1) is 5.56 Å². The first-order valence-electron chi connectivity index (χ1n) is 6.53. The van der Waals surface area contributed by atoms with Crippen molar-refractivity contribution in [1.29, 1.82) is 0 Å². The van der Waals surface area contributed by atoms with Crippen LogP contribution >= 0.6 is 15.9 Å². The Labute approximate surface area is 124 Å². The lowest BCUT2D eigenvalue weighted by molar-refractivity contribution is 0.0916. The largest absolute Gasteiger partial charge is 0.348 e. The van der Waals surface area contributed by atoms with Crippen LogP contribution in [0.25, 0.3) is 0 Å². The van der Waals surface area contributed by atoms with E-state index in [1.807, 2.05) is 39.2 Å². The zero-order valence-corrected chi connectivity index (χ0v) is 13.9. The highest BCUT2D eigenvalue weighted by atomic mass is 79.9. The summed E-state index contributed by atoms with van der Waals surface area (Å²) in [5.74, 6) is 0.381. The summed E-state index contributed by atoms with van der Waals surface area (Å²) in [6.07, 6.45) is 0. The molecule has 1 rings (SSSR count). The van der Waals surface area contributed by atoms with Gasteiger partial charge in [0.25, 0.3) is 5.91 Å². The third-order valence-electron chi connectivity index (χ3n) is 3.12. The molecule has 0 radical (unpaired) electrons. The van der Waals surface area contributed by atoms with Crippen molar-refractivity contribution in [2.45, 2.75) is 26.8 Å². The monoisotopic (exact) mass is 326 g/mol. The Kier molecular flexibility index (Phi) is 6.01. The Morgan fingerprint density at radius 3 is 2.53 bits per heavy atom. The summed E-state index contributed by atoms with van der Waals surface area (Å²) >= 11 is 3.49. The molecule has 0 bridgehead atoms. The Hall–Kier alpha value is -0.870. The maximum atomic E-state index is 12.4. The Bertz CT molecular complexity index is 444. The molecule has 1 aromatic rings. The molecule has 4 heteroatoms. The molecule has 0 aromatic heterocycles. The lowest BCUT2D eigenvalue weighted by Gasteiger charge is -2.26. The normalized spacial score (nSPS) is 12.8. The van der Waals surface area contributed by atoms with Gasteiger partial charge in [-0.1, -0.05) is 26.0 Å². The molecule has 1 atom stereocenters. The zero-order valence-electron chi connectivity index (χ0n) is 12.3. The van der Waals surface area contributed by atoms with Crippen LogP contribution in [-0.2, 0) is 0 Å². The highest BCUT2D eigenvalue weighted by Crippen LogP contribution is 2.21. The fourth-order valence-corrected chi connectivity index (χ4v) is 2.33. The van der Waals surface area contributed by atoms with Crippen molar-refractivity contribution in [2.75, 3.05) is 20.6 Å². The predicted octanol–water partition coefficient (Wildman–Crippen LogP) is 3.07. The summed E-state index contributed by atoms with van der Waals surface area (Å²) in [6.45, 7) is 7.08. The van der Waals surface area contributed by atoms with Crippen molar-refractivity contribution in [3.05, 3.63) is 33.8 Å². The van der Waals surface area contributed by atoms with E-state index in [0.717, 1.165) is 16.6 Å². The molecule has 0 fully saturated rings. The van der Waals surface area contributed by atoms with Crippen LogP contribution in [0.15, 0.2) is 22.7 Å². The number of nitrogens with one attached hydrogen (secondary N) is 1. The fourth-order valence-electron chi connectivity index (χ4n) is 1.89. The molecule has 0 aliphatic carbocycles. The standard InChI is InChI=1S/C15H23BrN2O/c1-10(2)13(9-18(4)5)17-15(19)12-8-6-7-11(3)14(12)16/h6-8,10,13H,9H2,1-5H3,(H,17,19). The Morgan fingerprint density at radius 2 is 2.00 bits per heavy atom. The average Bonchev–Trinajstić information content (AvgIpc) is 2.31. The fraction of sp³-hybridized carbons (Fsp3) is 0.533. The molecule has 1 amide bonds. The molecule has 1 aromatic carbocycles. The average molecular weight is 327 g/mol. The van der Waals surface area contributed by atoms with Gasteiger partial charge in [-0.25, -0.2) is 0 Å². The van der Waals surface area contributed by atoms with Gasteiger partial charge in [-0.3, -0.25) is 4.79 Å². The second kappa shape index (κ2) is 7.06. The molecular formula is C15H23BrN2O. The second-order valence-electron chi connectivity index (χ2n) is 5.52. The van der Waals surface area contributed by atoms with Crippen LogP contribution in [0.4, 0.5) is 0 Å². The van der Waals surface area contributed by atoms with E-state index in [1.165, 1.54) is 0 Å². The third-order valence-corrected chi connectivity index (χ3v) is 4.17. The van der Waals surface area contributed by atoms with E-state index >= 15 is 0 Å². The number of benzene rings is 1. The van der Waals surface area contributed by atoms with Crippen LogP contribution in [0.3, 0.4) is 0 Å². The van der Waals surface area contributed by atoms with E-state index in [0.29, 0.717) is 11.5 Å². The summed E-state index contributed by atoms with van der Waals surface area (Å²) in [7, 11) is 4.04. The van der Waals surface area contributed by atoms with E-state index in [2.05, 4.69) is 40.0 Å². The molecule has 0 saturated heterocycles. The number of nitrogens with zero attached hydrogens (tertiary/aromatic N) is 1. The molecule has 0 spiro atoms. The van der Waals surface area contributed by atoms with E-state index in [1.54, 1.807) is 0 Å². The molecule has 0 saturated carbocycles. The molecule has 0 aliphatic rings. The summed E-state index contributed by atoms with van der Waals surface area (Å²) in [5, 5.41) is 3.12. The highest BCUT2D eigenvalue weighted by molar-refractivity contribution is 9.10.